The number of hydrogen-bond acceptors (Lipinski definition) is 3. The van der Waals surface area contributed by atoms with Crippen LogP contribution in [0.25, 0.3) is 0 Å². The fourth-order valence-corrected chi connectivity index (χ4v) is 2.77. The maximum atomic E-state index is 11.8. The molecule has 1 heterocycles. The molecule has 2 atom stereocenters. The molecule has 1 saturated heterocycles. The Morgan fingerprint density at radius 3 is 2.69 bits per heavy atom. The minimum Gasteiger partial charge on any atom is -0.350 e. The Bertz CT molecular complexity index is 309. The molecule has 0 bridgehead atoms. The summed E-state index contributed by atoms with van der Waals surface area (Å²) in [4.78, 5) is 14.4. The first-order chi connectivity index (χ1) is 7.58. The highest BCUT2D eigenvalue weighted by Crippen LogP contribution is 2.35. The Labute approximate surface area is 96.5 Å². The van der Waals surface area contributed by atoms with Gasteiger partial charge >= 0.3 is 0 Å². The second kappa shape index (κ2) is 3.44. The molecular formula is C12H21N3O. The summed E-state index contributed by atoms with van der Waals surface area (Å²) in [6, 6.07) is 1.74. The molecule has 1 amide bonds. The highest BCUT2D eigenvalue weighted by Gasteiger charge is 2.47. The van der Waals surface area contributed by atoms with E-state index in [1.165, 1.54) is 12.8 Å². The number of likely N-dealkylation sites (tertiary alicyclic amines) is 1. The lowest BCUT2D eigenvalue weighted by molar-refractivity contribution is -0.123. The molecule has 0 aromatic heterocycles. The predicted octanol–water partition coefficient (Wildman–Crippen LogP) is 0.219. The number of carbonyl (C=O) groups excluding carboxylic acids is 1. The zero-order valence-corrected chi connectivity index (χ0v) is 9.91. The van der Waals surface area contributed by atoms with Crippen LogP contribution >= 0.6 is 0 Å². The van der Waals surface area contributed by atoms with Crippen molar-refractivity contribution in [2.24, 2.45) is 5.73 Å². The summed E-state index contributed by atoms with van der Waals surface area (Å²) in [6.07, 6.45) is 5.47. The minimum absolute atomic E-state index is 0.0716. The molecule has 3 N–H and O–H groups in total. The van der Waals surface area contributed by atoms with E-state index in [1.807, 2.05) is 0 Å². The predicted molar refractivity (Wildman–Crippen MR) is 61.9 cm³/mol. The van der Waals surface area contributed by atoms with Crippen LogP contribution in [0.3, 0.4) is 0 Å². The monoisotopic (exact) mass is 223 g/mol. The van der Waals surface area contributed by atoms with E-state index >= 15 is 0 Å². The third kappa shape index (κ3) is 1.84. The average molecular weight is 223 g/mol. The second-order valence-electron chi connectivity index (χ2n) is 5.84. The lowest BCUT2D eigenvalue weighted by Gasteiger charge is -2.20. The van der Waals surface area contributed by atoms with Crippen LogP contribution in [0.2, 0.25) is 0 Å². The molecule has 3 fully saturated rings. The van der Waals surface area contributed by atoms with E-state index in [0.717, 1.165) is 31.8 Å². The Kier molecular flexibility index (Phi) is 2.27. The molecule has 4 heteroatoms. The van der Waals surface area contributed by atoms with Crippen molar-refractivity contribution in [2.45, 2.75) is 62.7 Å². The molecule has 3 aliphatic rings. The summed E-state index contributed by atoms with van der Waals surface area (Å²) in [6.45, 7) is 3.29. The van der Waals surface area contributed by atoms with Crippen LogP contribution in [-0.2, 0) is 4.79 Å². The van der Waals surface area contributed by atoms with Crippen molar-refractivity contribution in [3.05, 3.63) is 0 Å². The van der Waals surface area contributed by atoms with E-state index in [4.69, 9.17) is 5.73 Å². The molecule has 16 heavy (non-hydrogen) atoms. The third-order valence-electron chi connectivity index (χ3n) is 4.21. The van der Waals surface area contributed by atoms with Crippen molar-refractivity contribution in [1.29, 1.82) is 0 Å². The topological polar surface area (TPSA) is 58.4 Å². The van der Waals surface area contributed by atoms with Gasteiger partial charge < -0.3 is 11.1 Å². The standard InChI is InChI=1S/C12H21N3O/c1-8-6-9(7-15(8)10-2-3-10)14-11(16)12(13)4-5-12/h8-10H,2-7,13H2,1H3,(H,14,16). The van der Waals surface area contributed by atoms with E-state index < -0.39 is 5.54 Å². The first kappa shape index (κ1) is 10.5. The van der Waals surface area contributed by atoms with Crippen molar-refractivity contribution in [1.82, 2.24) is 10.2 Å². The number of nitrogens with zero attached hydrogens (tertiary/aromatic N) is 1. The zero-order chi connectivity index (χ0) is 11.3. The lowest BCUT2D eigenvalue weighted by atomic mass is 10.1. The second-order valence-corrected chi connectivity index (χ2v) is 5.84. The van der Waals surface area contributed by atoms with E-state index in [-0.39, 0.29) is 5.91 Å². The molecule has 0 radical (unpaired) electrons. The minimum atomic E-state index is -0.518. The highest BCUT2D eigenvalue weighted by atomic mass is 16.2. The Balaban J connectivity index is 1.54. The summed E-state index contributed by atoms with van der Waals surface area (Å²) >= 11 is 0. The number of nitrogens with two attached hydrogens (primary N) is 1. The average Bonchev–Trinajstić information content (AvgIpc) is 3.11. The smallest absolute Gasteiger partial charge is 0.240 e. The van der Waals surface area contributed by atoms with Gasteiger partial charge in [-0.2, -0.15) is 0 Å². The quantitative estimate of drug-likeness (QED) is 0.719. The van der Waals surface area contributed by atoms with Crippen molar-refractivity contribution >= 4 is 5.91 Å². The van der Waals surface area contributed by atoms with E-state index in [2.05, 4.69) is 17.1 Å². The van der Waals surface area contributed by atoms with Gasteiger partial charge in [0.2, 0.25) is 5.91 Å². The number of rotatable bonds is 3. The molecule has 2 aliphatic carbocycles. The third-order valence-corrected chi connectivity index (χ3v) is 4.21. The SMILES string of the molecule is CC1CC(NC(=O)C2(N)CC2)CN1C1CC1. The molecule has 0 spiro atoms. The normalized spacial score (nSPS) is 37.4. The van der Waals surface area contributed by atoms with Gasteiger partial charge in [-0.25, -0.2) is 0 Å². The summed E-state index contributed by atoms with van der Waals surface area (Å²) in [5, 5.41) is 3.12. The van der Waals surface area contributed by atoms with Crippen molar-refractivity contribution in [3.8, 4) is 0 Å². The molecule has 2 saturated carbocycles. The first-order valence-electron chi connectivity index (χ1n) is 6.44. The van der Waals surface area contributed by atoms with E-state index in [9.17, 15) is 4.79 Å². The van der Waals surface area contributed by atoms with Gasteiger partial charge in [0.25, 0.3) is 0 Å². The fourth-order valence-electron chi connectivity index (χ4n) is 2.77. The Morgan fingerprint density at radius 2 is 2.12 bits per heavy atom. The molecule has 4 nitrogen and oxygen atoms in total. The van der Waals surface area contributed by atoms with Crippen LogP contribution in [0, 0.1) is 0 Å². The van der Waals surface area contributed by atoms with Gasteiger partial charge in [0.15, 0.2) is 0 Å². The summed E-state index contributed by atoms with van der Waals surface area (Å²) < 4.78 is 0. The largest absolute Gasteiger partial charge is 0.350 e. The number of carbonyl (C=O) groups is 1. The van der Waals surface area contributed by atoms with Gasteiger partial charge in [-0.15, -0.1) is 0 Å². The maximum Gasteiger partial charge on any atom is 0.240 e. The fraction of sp³-hybridized carbons (Fsp3) is 0.917. The number of nitrogens with one attached hydrogen (secondary N) is 1. The van der Waals surface area contributed by atoms with Crippen molar-refractivity contribution in [2.75, 3.05) is 6.54 Å². The van der Waals surface area contributed by atoms with Gasteiger partial charge in [-0.1, -0.05) is 0 Å². The van der Waals surface area contributed by atoms with E-state index in [0.29, 0.717) is 12.1 Å². The van der Waals surface area contributed by atoms with Gasteiger partial charge in [-0.05, 0) is 39.0 Å². The Hall–Kier alpha value is -0.610. The summed E-state index contributed by atoms with van der Waals surface area (Å²) in [5.74, 6) is 0.0716. The number of hydrogen-bond donors (Lipinski definition) is 2. The highest BCUT2D eigenvalue weighted by molar-refractivity contribution is 5.89. The summed E-state index contributed by atoms with van der Waals surface area (Å²) in [7, 11) is 0. The van der Waals surface area contributed by atoms with Crippen molar-refractivity contribution in [3.63, 3.8) is 0 Å². The molecule has 0 aromatic rings. The zero-order valence-electron chi connectivity index (χ0n) is 9.91. The van der Waals surface area contributed by atoms with Gasteiger partial charge in [-0.3, -0.25) is 9.69 Å². The van der Waals surface area contributed by atoms with Crippen LogP contribution in [0.1, 0.15) is 39.0 Å². The maximum absolute atomic E-state index is 11.8. The summed E-state index contributed by atoms with van der Waals surface area (Å²) in [5.41, 5.74) is 5.37. The van der Waals surface area contributed by atoms with Gasteiger partial charge in [0.05, 0.1) is 5.54 Å². The number of amides is 1. The van der Waals surface area contributed by atoms with Crippen LogP contribution in [0.5, 0.6) is 0 Å². The van der Waals surface area contributed by atoms with Crippen molar-refractivity contribution < 1.29 is 4.79 Å². The molecule has 1 aliphatic heterocycles. The van der Waals surface area contributed by atoms with Gasteiger partial charge in [0, 0.05) is 24.7 Å². The molecule has 90 valence electrons. The Morgan fingerprint density at radius 1 is 1.44 bits per heavy atom. The molecule has 2 unspecified atom stereocenters. The van der Waals surface area contributed by atoms with Crippen LogP contribution in [0.15, 0.2) is 0 Å². The first-order valence-corrected chi connectivity index (χ1v) is 6.44. The van der Waals surface area contributed by atoms with Crippen LogP contribution in [-0.4, -0.2) is 41.0 Å². The van der Waals surface area contributed by atoms with Crippen LogP contribution < -0.4 is 11.1 Å². The molecular weight excluding hydrogens is 202 g/mol. The van der Waals surface area contributed by atoms with E-state index in [1.54, 1.807) is 0 Å². The molecule has 0 aromatic carbocycles. The van der Waals surface area contributed by atoms with Crippen LogP contribution in [0.4, 0.5) is 0 Å². The van der Waals surface area contributed by atoms with Gasteiger partial charge in [0.1, 0.15) is 0 Å². The lowest BCUT2D eigenvalue weighted by Crippen LogP contribution is -2.48. The molecule has 3 rings (SSSR count).